The number of ether oxygens (including phenoxy) is 1. The summed E-state index contributed by atoms with van der Waals surface area (Å²) in [6, 6.07) is 8.03. The molecule has 0 saturated heterocycles. The van der Waals surface area contributed by atoms with Crippen LogP contribution in [0.15, 0.2) is 29.3 Å². The number of benzene rings is 1. The molecule has 2 aromatic rings. The molecule has 2 rings (SSSR count). The second kappa shape index (κ2) is 11.3. The molecule has 1 heterocycles. The molecule has 1 aromatic carbocycles. The van der Waals surface area contributed by atoms with Gasteiger partial charge in [-0.15, -0.1) is 35.3 Å². The number of aliphatic imine (C=N–C) groups is 1. The van der Waals surface area contributed by atoms with Crippen molar-refractivity contribution in [3.63, 3.8) is 0 Å². The molecule has 7 heteroatoms. The predicted octanol–water partition coefficient (Wildman–Crippen LogP) is 3.47. The molecule has 0 radical (unpaired) electrons. The number of hydrogen-bond acceptors (Lipinski definition) is 4. The summed E-state index contributed by atoms with van der Waals surface area (Å²) in [5.41, 5.74) is 2.28. The number of thiazole rings is 1. The van der Waals surface area contributed by atoms with E-state index in [0.29, 0.717) is 13.2 Å². The van der Waals surface area contributed by atoms with Gasteiger partial charge in [0.1, 0.15) is 12.4 Å². The number of hydrogen-bond donors (Lipinski definition) is 2. The molecule has 2 N–H and O–H groups in total. The first-order chi connectivity index (χ1) is 11.6. The highest BCUT2D eigenvalue weighted by molar-refractivity contribution is 14.0. The van der Waals surface area contributed by atoms with E-state index >= 15 is 0 Å². The van der Waals surface area contributed by atoms with E-state index in [9.17, 15) is 0 Å². The molecule has 5 nitrogen and oxygen atoms in total. The van der Waals surface area contributed by atoms with E-state index in [-0.39, 0.29) is 24.0 Å². The van der Waals surface area contributed by atoms with Crippen LogP contribution in [-0.4, -0.2) is 37.7 Å². The summed E-state index contributed by atoms with van der Waals surface area (Å²) >= 11 is 1.76. The van der Waals surface area contributed by atoms with Crippen LogP contribution in [0.25, 0.3) is 0 Å². The fourth-order valence-corrected chi connectivity index (χ4v) is 3.14. The summed E-state index contributed by atoms with van der Waals surface area (Å²) in [5.74, 6) is 1.71. The predicted molar refractivity (Wildman–Crippen MR) is 117 cm³/mol. The molecule has 0 aliphatic carbocycles. The molecule has 0 atom stereocenters. The highest BCUT2D eigenvalue weighted by Gasteiger charge is 2.04. The molecule has 0 spiro atoms. The Bertz CT molecular complexity index is 668. The Morgan fingerprint density at radius 2 is 1.88 bits per heavy atom. The van der Waals surface area contributed by atoms with E-state index in [1.165, 1.54) is 4.88 Å². The summed E-state index contributed by atoms with van der Waals surface area (Å²) < 4.78 is 5.77. The van der Waals surface area contributed by atoms with Crippen LogP contribution in [0, 0.1) is 20.8 Å². The number of guanidine groups is 1. The third kappa shape index (κ3) is 7.19. The third-order valence-corrected chi connectivity index (χ3v) is 4.81. The fraction of sp³-hybridized carbons (Fsp3) is 0.444. The van der Waals surface area contributed by atoms with Crippen molar-refractivity contribution in [2.24, 2.45) is 4.99 Å². The van der Waals surface area contributed by atoms with Crippen molar-refractivity contribution in [3.8, 4) is 5.75 Å². The number of rotatable bonds is 7. The van der Waals surface area contributed by atoms with Crippen LogP contribution in [0.3, 0.4) is 0 Å². The van der Waals surface area contributed by atoms with Gasteiger partial charge in [-0.05, 0) is 32.4 Å². The molecule has 0 bridgehead atoms. The maximum atomic E-state index is 5.77. The number of nitrogens with zero attached hydrogens (tertiary/aromatic N) is 2. The Morgan fingerprint density at radius 3 is 2.52 bits per heavy atom. The quantitative estimate of drug-likeness (QED) is 0.279. The summed E-state index contributed by atoms with van der Waals surface area (Å²) in [5, 5.41) is 7.73. The summed E-state index contributed by atoms with van der Waals surface area (Å²) in [6.07, 6.45) is 0.903. The van der Waals surface area contributed by atoms with Crippen LogP contribution >= 0.6 is 35.3 Å². The minimum absolute atomic E-state index is 0. The lowest BCUT2D eigenvalue weighted by Crippen LogP contribution is -2.40. The molecule has 0 unspecified atom stereocenters. The van der Waals surface area contributed by atoms with Gasteiger partial charge in [-0.2, -0.15) is 0 Å². The lowest BCUT2D eigenvalue weighted by molar-refractivity contribution is 0.320. The minimum atomic E-state index is 0. The van der Waals surface area contributed by atoms with Gasteiger partial charge < -0.3 is 15.4 Å². The molecular weight excluding hydrogens is 447 g/mol. The van der Waals surface area contributed by atoms with Crippen LogP contribution in [0.1, 0.15) is 21.1 Å². The van der Waals surface area contributed by atoms with E-state index in [1.807, 2.05) is 31.2 Å². The lowest BCUT2D eigenvalue weighted by Gasteiger charge is -2.13. The zero-order valence-corrected chi connectivity index (χ0v) is 18.4. The van der Waals surface area contributed by atoms with Crippen molar-refractivity contribution in [2.45, 2.75) is 27.2 Å². The van der Waals surface area contributed by atoms with Crippen LogP contribution in [0.5, 0.6) is 5.75 Å². The van der Waals surface area contributed by atoms with E-state index in [2.05, 4.69) is 34.5 Å². The van der Waals surface area contributed by atoms with Gasteiger partial charge in [-0.3, -0.25) is 4.99 Å². The minimum Gasteiger partial charge on any atom is -0.491 e. The monoisotopic (exact) mass is 474 g/mol. The number of nitrogens with one attached hydrogen (secondary N) is 2. The largest absolute Gasteiger partial charge is 0.491 e. The second-order valence-electron chi connectivity index (χ2n) is 5.54. The van der Waals surface area contributed by atoms with Crippen LogP contribution in [0.4, 0.5) is 0 Å². The standard InChI is InChI=1S/C18H26N4OS.HI/c1-13-7-5-6-8-16(13)23-12-11-21-18(19-4)20-10-9-17-22-14(2)15(3)24-17;/h5-8H,9-12H2,1-4H3,(H2,19,20,21);1H. The van der Waals surface area contributed by atoms with E-state index < -0.39 is 0 Å². The normalized spacial score (nSPS) is 11.0. The smallest absolute Gasteiger partial charge is 0.191 e. The maximum Gasteiger partial charge on any atom is 0.191 e. The van der Waals surface area contributed by atoms with Gasteiger partial charge in [0.25, 0.3) is 0 Å². The first kappa shape index (κ1) is 21.7. The molecule has 25 heavy (non-hydrogen) atoms. The Balaban J connectivity index is 0.00000312. The molecule has 0 aliphatic rings. The highest BCUT2D eigenvalue weighted by atomic mass is 127. The average Bonchev–Trinajstić information content (AvgIpc) is 2.89. The number of aryl methyl sites for hydroxylation is 3. The van der Waals surface area contributed by atoms with Gasteiger partial charge in [-0.1, -0.05) is 18.2 Å². The number of para-hydroxylation sites is 1. The van der Waals surface area contributed by atoms with Crippen molar-refractivity contribution in [3.05, 3.63) is 45.4 Å². The number of aromatic nitrogens is 1. The Labute approximate surface area is 171 Å². The molecule has 0 fully saturated rings. The average molecular weight is 474 g/mol. The van der Waals surface area contributed by atoms with Crippen molar-refractivity contribution in [1.82, 2.24) is 15.6 Å². The molecule has 0 aliphatic heterocycles. The zero-order valence-electron chi connectivity index (χ0n) is 15.3. The van der Waals surface area contributed by atoms with Gasteiger partial charge in [0.05, 0.1) is 17.2 Å². The Morgan fingerprint density at radius 1 is 1.16 bits per heavy atom. The topological polar surface area (TPSA) is 58.5 Å². The van der Waals surface area contributed by atoms with E-state index in [4.69, 9.17) is 4.74 Å². The van der Waals surface area contributed by atoms with Crippen molar-refractivity contribution in [2.75, 3.05) is 26.7 Å². The van der Waals surface area contributed by atoms with Gasteiger partial charge in [-0.25, -0.2) is 4.98 Å². The van der Waals surface area contributed by atoms with Crippen LogP contribution in [0.2, 0.25) is 0 Å². The summed E-state index contributed by atoms with van der Waals surface area (Å²) in [6.45, 7) is 8.31. The van der Waals surface area contributed by atoms with Crippen LogP contribution in [-0.2, 0) is 6.42 Å². The van der Waals surface area contributed by atoms with Gasteiger partial charge >= 0.3 is 0 Å². The van der Waals surface area contributed by atoms with Gasteiger partial charge in [0, 0.05) is 24.9 Å². The zero-order chi connectivity index (χ0) is 17.4. The van der Waals surface area contributed by atoms with E-state index in [1.54, 1.807) is 18.4 Å². The fourth-order valence-electron chi connectivity index (χ4n) is 2.20. The second-order valence-corrected chi connectivity index (χ2v) is 6.83. The van der Waals surface area contributed by atoms with Gasteiger partial charge in [0.2, 0.25) is 0 Å². The lowest BCUT2D eigenvalue weighted by atomic mass is 10.2. The summed E-state index contributed by atoms with van der Waals surface area (Å²) in [7, 11) is 1.77. The molecule has 138 valence electrons. The SMILES string of the molecule is CN=C(NCCOc1ccccc1C)NCCc1nc(C)c(C)s1.I. The summed E-state index contributed by atoms with van der Waals surface area (Å²) in [4.78, 5) is 10.1. The van der Waals surface area contributed by atoms with Crippen LogP contribution < -0.4 is 15.4 Å². The highest BCUT2D eigenvalue weighted by Crippen LogP contribution is 2.16. The third-order valence-electron chi connectivity index (χ3n) is 3.67. The van der Waals surface area contributed by atoms with Gasteiger partial charge in [0.15, 0.2) is 5.96 Å². The molecule has 1 aromatic heterocycles. The molecule has 0 amide bonds. The molecular formula is C18H27IN4OS. The number of halogens is 1. The van der Waals surface area contributed by atoms with E-state index in [0.717, 1.165) is 40.9 Å². The first-order valence-corrected chi connectivity index (χ1v) is 8.97. The van der Waals surface area contributed by atoms with Crippen molar-refractivity contribution >= 4 is 41.3 Å². The molecule has 0 saturated carbocycles. The first-order valence-electron chi connectivity index (χ1n) is 8.16. The Hall–Kier alpha value is -1.35. The Kier molecular flexibility index (Phi) is 9.81. The maximum absolute atomic E-state index is 5.77. The van der Waals surface area contributed by atoms with Crippen molar-refractivity contribution < 1.29 is 4.74 Å². The van der Waals surface area contributed by atoms with Crippen molar-refractivity contribution in [1.29, 1.82) is 0 Å².